The average molecular weight is 436 g/mol. The van der Waals surface area contributed by atoms with Crippen LogP contribution in [0.3, 0.4) is 0 Å². The summed E-state index contributed by atoms with van der Waals surface area (Å²) in [6, 6.07) is 6.68. The maximum atomic E-state index is 15.8. The summed E-state index contributed by atoms with van der Waals surface area (Å²) in [5.41, 5.74) is 14.3. The van der Waals surface area contributed by atoms with E-state index in [4.69, 9.17) is 20.6 Å². The van der Waals surface area contributed by atoms with Crippen LogP contribution in [0.15, 0.2) is 28.7 Å². The van der Waals surface area contributed by atoms with Crippen LogP contribution in [0.5, 0.6) is 5.75 Å². The molecule has 1 atom stereocenters. The van der Waals surface area contributed by atoms with Gasteiger partial charge in [-0.05, 0) is 37.5 Å². The number of carbonyl (C=O) groups excluding carboxylic acids is 1. The molecule has 4 heterocycles. The molecular formula is C22H21FN6O3. The van der Waals surface area contributed by atoms with Gasteiger partial charge in [0.05, 0.1) is 12.3 Å². The summed E-state index contributed by atoms with van der Waals surface area (Å²) in [7, 11) is 0. The van der Waals surface area contributed by atoms with Crippen LogP contribution in [0.1, 0.15) is 19.3 Å². The van der Waals surface area contributed by atoms with E-state index in [9.17, 15) is 4.79 Å². The highest BCUT2D eigenvalue weighted by Gasteiger charge is 2.33. The number of anilines is 2. The number of rotatable bonds is 3. The van der Waals surface area contributed by atoms with E-state index in [1.54, 1.807) is 17.0 Å². The molecule has 2 aromatic carbocycles. The Labute approximate surface area is 181 Å². The van der Waals surface area contributed by atoms with Gasteiger partial charge in [-0.2, -0.15) is 4.98 Å². The molecule has 0 unspecified atom stereocenters. The highest BCUT2D eigenvalue weighted by atomic mass is 19.1. The summed E-state index contributed by atoms with van der Waals surface area (Å²) in [5, 5.41) is 0. The van der Waals surface area contributed by atoms with Gasteiger partial charge in [0.2, 0.25) is 5.91 Å². The Morgan fingerprint density at radius 2 is 2.06 bits per heavy atom. The van der Waals surface area contributed by atoms with Gasteiger partial charge in [0.15, 0.2) is 11.4 Å². The number of ether oxygens (including phenoxy) is 1. The summed E-state index contributed by atoms with van der Waals surface area (Å²) in [5.74, 6) is 0.225. The summed E-state index contributed by atoms with van der Waals surface area (Å²) < 4.78 is 29.1. The number of benzene rings is 2. The number of amides is 1. The van der Waals surface area contributed by atoms with Crippen LogP contribution in [0.4, 0.5) is 16.1 Å². The van der Waals surface area contributed by atoms with Gasteiger partial charge < -0.3 is 30.1 Å². The third-order valence-corrected chi connectivity index (χ3v) is 6.24. The van der Waals surface area contributed by atoms with Crippen LogP contribution in [0, 0.1) is 5.82 Å². The largest absolute Gasteiger partial charge is 0.491 e. The maximum absolute atomic E-state index is 15.8. The van der Waals surface area contributed by atoms with E-state index in [0.29, 0.717) is 60.0 Å². The van der Waals surface area contributed by atoms with Gasteiger partial charge in [0, 0.05) is 24.7 Å². The van der Waals surface area contributed by atoms with E-state index >= 15 is 4.39 Å². The van der Waals surface area contributed by atoms with Crippen molar-refractivity contribution in [3.63, 3.8) is 0 Å². The normalized spacial score (nSPS) is 18.3. The molecule has 1 saturated heterocycles. The van der Waals surface area contributed by atoms with E-state index in [-0.39, 0.29) is 11.5 Å². The lowest BCUT2D eigenvalue weighted by Gasteiger charge is -2.25. The quantitative estimate of drug-likeness (QED) is 0.506. The first-order valence-corrected chi connectivity index (χ1v) is 10.6. The lowest BCUT2D eigenvalue weighted by Crippen LogP contribution is -2.40. The number of hydrogen-bond acceptors (Lipinski definition) is 7. The number of hydrogen-bond donors (Lipinski definition) is 2. The van der Waals surface area contributed by atoms with Crippen LogP contribution in [-0.2, 0) is 11.3 Å². The summed E-state index contributed by atoms with van der Waals surface area (Å²) in [6.07, 6.45) is 2.11. The Bertz CT molecular complexity index is 1390. The van der Waals surface area contributed by atoms with Gasteiger partial charge in [-0.1, -0.05) is 0 Å². The first-order chi connectivity index (χ1) is 15.5. The van der Waals surface area contributed by atoms with E-state index in [2.05, 4.69) is 9.97 Å². The lowest BCUT2D eigenvalue weighted by atomic mass is 10.1. The molecule has 0 bridgehead atoms. The molecule has 32 heavy (non-hydrogen) atoms. The predicted molar refractivity (Wildman–Crippen MR) is 117 cm³/mol. The number of imidazole rings is 1. The van der Waals surface area contributed by atoms with Gasteiger partial charge in [-0.25, -0.2) is 9.37 Å². The second-order valence-electron chi connectivity index (χ2n) is 8.18. The zero-order valence-electron chi connectivity index (χ0n) is 17.2. The zero-order valence-corrected chi connectivity index (χ0v) is 17.2. The fraction of sp³-hybridized carbons (Fsp3) is 0.318. The molecule has 164 valence electrons. The highest BCUT2D eigenvalue weighted by Crippen LogP contribution is 2.41. The molecule has 0 spiro atoms. The second-order valence-corrected chi connectivity index (χ2v) is 8.18. The SMILES string of the molecule is NC(=O)[C@@H]1CCCN1c1cc2c3c(nc(-c4ccc5oc(N)nc5c4)n3CCCO2)c1F. The Kier molecular flexibility index (Phi) is 4.04. The number of nitrogens with zero attached hydrogens (tertiary/aromatic N) is 4. The number of carbonyl (C=O) groups is 1. The van der Waals surface area contributed by atoms with E-state index in [1.165, 1.54) is 0 Å². The average Bonchev–Trinajstić information content (AvgIpc) is 3.45. The van der Waals surface area contributed by atoms with Crippen LogP contribution >= 0.6 is 0 Å². The van der Waals surface area contributed by atoms with Gasteiger partial charge in [-0.15, -0.1) is 0 Å². The Hall–Kier alpha value is -3.82. The predicted octanol–water partition coefficient (Wildman–Crippen LogP) is 2.80. The zero-order chi connectivity index (χ0) is 22.0. The summed E-state index contributed by atoms with van der Waals surface area (Å²) >= 11 is 0. The van der Waals surface area contributed by atoms with Crippen LogP contribution < -0.4 is 21.1 Å². The molecule has 4 N–H and O–H groups in total. The number of primary amides is 1. The molecule has 10 heteroatoms. The number of nitrogens with two attached hydrogens (primary N) is 2. The molecule has 0 saturated carbocycles. The van der Waals surface area contributed by atoms with Gasteiger partial charge in [0.25, 0.3) is 6.01 Å². The third kappa shape index (κ3) is 2.72. The second kappa shape index (κ2) is 6.84. The lowest BCUT2D eigenvalue weighted by molar-refractivity contribution is -0.119. The maximum Gasteiger partial charge on any atom is 0.292 e. The smallest absolute Gasteiger partial charge is 0.292 e. The monoisotopic (exact) mass is 436 g/mol. The Morgan fingerprint density at radius 1 is 1.19 bits per heavy atom. The molecule has 0 radical (unpaired) electrons. The summed E-state index contributed by atoms with van der Waals surface area (Å²) in [6.45, 7) is 1.68. The molecule has 1 fully saturated rings. The molecule has 2 aromatic heterocycles. The molecular weight excluding hydrogens is 415 g/mol. The van der Waals surface area contributed by atoms with Crippen molar-refractivity contribution in [3.05, 3.63) is 30.1 Å². The molecule has 1 amide bonds. The van der Waals surface area contributed by atoms with Gasteiger partial charge in [-0.3, -0.25) is 4.79 Å². The standard InChI is InChI=1S/C22H21FN6O3/c23-17-14(28-6-1-3-13(28)20(24)30)10-16-19-18(17)27-21(29(19)7-2-8-31-16)11-4-5-15-12(9-11)26-22(25)32-15/h4-5,9-10,13H,1-3,6-8H2,(H2,24,30)(H2,25,26)/t13-/m0/s1. The van der Waals surface area contributed by atoms with Crippen LogP contribution in [0.2, 0.25) is 0 Å². The van der Waals surface area contributed by atoms with E-state index < -0.39 is 17.8 Å². The van der Waals surface area contributed by atoms with Crippen molar-refractivity contribution < 1.29 is 18.3 Å². The van der Waals surface area contributed by atoms with E-state index in [1.807, 2.05) is 16.7 Å². The number of halogens is 1. The molecule has 6 rings (SSSR count). The van der Waals surface area contributed by atoms with Gasteiger partial charge >= 0.3 is 0 Å². The van der Waals surface area contributed by atoms with Gasteiger partial charge in [0.1, 0.15) is 34.2 Å². The number of nitrogen functional groups attached to an aromatic ring is 1. The molecule has 2 aliphatic heterocycles. The van der Waals surface area contributed by atoms with Crippen molar-refractivity contribution in [2.75, 3.05) is 23.8 Å². The van der Waals surface area contributed by atoms with Crippen LogP contribution in [0.25, 0.3) is 33.5 Å². The molecule has 0 aliphatic carbocycles. The minimum atomic E-state index is -0.540. The highest BCUT2D eigenvalue weighted by molar-refractivity contribution is 5.93. The topological polar surface area (TPSA) is 125 Å². The van der Waals surface area contributed by atoms with Crippen molar-refractivity contribution in [3.8, 4) is 17.1 Å². The van der Waals surface area contributed by atoms with Crippen molar-refractivity contribution >= 4 is 39.7 Å². The van der Waals surface area contributed by atoms with Crippen molar-refractivity contribution in [2.24, 2.45) is 5.73 Å². The van der Waals surface area contributed by atoms with Crippen molar-refractivity contribution in [1.29, 1.82) is 0 Å². The first kappa shape index (κ1) is 18.9. The molecule has 2 aliphatic rings. The minimum Gasteiger partial charge on any atom is -0.491 e. The number of fused-ring (bicyclic) bond motifs is 1. The molecule has 4 aromatic rings. The Balaban J connectivity index is 1.57. The van der Waals surface area contributed by atoms with Crippen molar-refractivity contribution in [1.82, 2.24) is 14.5 Å². The first-order valence-electron chi connectivity index (χ1n) is 10.6. The minimum absolute atomic E-state index is 0.0876. The fourth-order valence-electron chi connectivity index (χ4n) is 4.83. The third-order valence-electron chi connectivity index (χ3n) is 6.24. The fourth-order valence-corrected chi connectivity index (χ4v) is 4.83. The number of aryl methyl sites for hydroxylation is 1. The van der Waals surface area contributed by atoms with E-state index in [0.717, 1.165) is 18.4 Å². The Morgan fingerprint density at radius 3 is 2.91 bits per heavy atom. The summed E-state index contributed by atoms with van der Waals surface area (Å²) in [4.78, 5) is 22.5. The van der Waals surface area contributed by atoms with Crippen molar-refractivity contribution in [2.45, 2.75) is 31.8 Å². The molecule has 9 nitrogen and oxygen atoms in total. The number of oxazole rings is 1. The number of aromatic nitrogens is 3. The van der Waals surface area contributed by atoms with Crippen LogP contribution in [-0.4, -0.2) is 39.6 Å².